The average Bonchev–Trinajstić information content (AvgIpc) is 3.41. The summed E-state index contributed by atoms with van der Waals surface area (Å²) in [5.74, 6) is -0.0802. The molecule has 3 aliphatic rings. The molecule has 2 fully saturated rings. The van der Waals surface area contributed by atoms with Crippen molar-refractivity contribution in [2.45, 2.75) is 109 Å². The zero-order valence-corrected chi connectivity index (χ0v) is 21.6. The lowest BCUT2D eigenvalue weighted by molar-refractivity contribution is -0.133. The molecule has 0 unspecified atom stereocenters. The first-order chi connectivity index (χ1) is 17.0. The van der Waals surface area contributed by atoms with Crippen molar-refractivity contribution in [2.75, 3.05) is 19.6 Å². The monoisotopic (exact) mass is 482 g/mol. The number of nitrogens with zero attached hydrogens (tertiary/aromatic N) is 3. The number of furan rings is 1. The number of rotatable bonds is 6. The fourth-order valence-corrected chi connectivity index (χ4v) is 6.49. The van der Waals surface area contributed by atoms with E-state index in [0.717, 1.165) is 50.7 Å². The van der Waals surface area contributed by atoms with Gasteiger partial charge in [0.05, 0.1) is 18.3 Å². The van der Waals surface area contributed by atoms with Crippen molar-refractivity contribution < 1.29 is 14.0 Å². The Morgan fingerprint density at radius 2 is 1.83 bits per heavy atom. The number of carbonyl (C=O) groups excluding carboxylic acids is 2. The molecular formula is C28H42N4O3. The van der Waals surface area contributed by atoms with E-state index in [9.17, 15) is 9.59 Å². The van der Waals surface area contributed by atoms with Crippen LogP contribution in [-0.2, 0) is 11.3 Å². The largest absolute Gasteiger partial charge is 0.463 e. The summed E-state index contributed by atoms with van der Waals surface area (Å²) in [4.78, 5) is 32.1. The highest BCUT2D eigenvalue weighted by Crippen LogP contribution is 2.33. The van der Waals surface area contributed by atoms with Crippen LogP contribution in [0.3, 0.4) is 0 Å². The summed E-state index contributed by atoms with van der Waals surface area (Å²) in [7, 11) is 0. The van der Waals surface area contributed by atoms with Crippen LogP contribution >= 0.6 is 0 Å². The third-order valence-corrected chi connectivity index (χ3v) is 8.75. The molecule has 1 saturated heterocycles. The summed E-state index contributed by atoms with van der Waals surface area (Å²) >= 11 is 0. The molecule has 0 aromatic carbocycles. The van der Waals surface area contributed by atoms with Gasteiger partial charge >= 0.3 is 0 Å². The lowest BCUT2D eigenvalue weighted by atomic mass is 9.92. The molecule has 5 rings (SSSR count). The van der Waals surface area contributed by atoms with Crippen molar-refractivity contribution in [3.05, 3.63) is 24.1 Å². The summed E-state index contributed by atoms with van der Waals surface area (Å²) in [5.41, 5.74) is 1.30. The molecule has 2 aromatic heterocycles. The molecule has 7 nitrogen and oxygen atoms in total. The van der Waals surface area contributed by atoms with Gasteiger partial charge in [0.2, 0.25) is 5.91 Å². The van der Waals surface area contributed by atoms with Gasteiger partial charge in [-0.15, -0.1) is 0 Å². The summed E-state index contributed by atoms with van der Waals surface area (Å²) < 4.78 is 7.59. The first kappa shape index (κ1) is 24.4. The zero-order valence-electron chi connectivity index (χ0n) is 21.6. The van der Waals surface area contributed by atoms with Crippen LogP contribution in [0.5, 0.6) is 0 Å². The Kier molecular flexibility index (Phi) is 7.24. The summed E-state index contributed by atoms with van der Waals surface area (Å²) in [6, 6.07) is 4.53. The number of carbonyl (C=O) groups is 2. The number of piperidine rings is 1. The lowest BCUT2D eigenvalue weighted by Crippen LogP contribution is -2.65. The SMILES string of the molecule is C[C@@H]1CCCCN1CCCN1C(=O)c2cc3occc3n2C[C@@]1(C)C(=O)NC1CCCCCCC1. The number of likely N-dealkylation sites (tertiary alicyclic amines) is 1. The summed E-state index contributed by atoms with van der Waals surface area (Å²) in [5, 5.41) is 3.38. The number of nitrogens with one attached hydrogen (secondary N) is 1. The van der Waals surface area contributed by atoms with Crippen LogP contribution in [0.1, 0.15) is 95.0 Å². The second-order valence-electron chi connectivity index (χ2n) is 11.3. The minimum atomic E-state index is -0.927. The number of aromatic nitrogens is 1. The van der Waals surface area contributed by atoms with Crippen molar-refractivity contribution in [1.29, 1.82) is 0 Å². The topological polar surface area (TPSA) is 70.7 Å². The number of fused-ring (bicyclic) bond motifs is 3. The molecule has 2 aliphatic heterocycles. The molecule has 35 heavy (non-hydrogen) atoms. The van der Waals surface area contributed by atoms with Gasteiger partial charge in [-0.25, -0.2) is 0 Å². The second-order valence-corrected chi connectivity index (χ2v) is 11.3. The first-order valence-electron chi connectivity index (χ1n) is 13.9. The van der Waals surface area contributed by atoms with E-state index in [0.29, 0.717) is 30.4 Å². The minimum Gasteiger partial charge on any atom is -0.463 e. The standard InChI is InChI=1S/C28H42N4O3/c1-21-11-8-9-15-30(21)16-10-17-32-26(33)24-19-25-23(14-18-35-25)31(24)20-28(32,2)27(34)29-22-12-6-4-3-5-7-13-22/h14,18-19,21-22H,3-13,15-17,20H2,1-2H3,(H,29,34)/t21-,28+/m1/s1. The van der Waals surface area contributed by atoms with E-state index in [1.807, 2.05) is 28.5 Å². The number of amides is 2. The van der Waals surface area contributed by atoms with Gasteiger partial charge in [0, 0.05) is 37.3 Å². The molecule has 0 radical (unpaired) electrons. The molecule has 7 heteroatoms. The highest BCUT2D eigenvalue weighted by molar-refractivity contribution is 6.02. The van der Waals surface area contributed by atoms with E-state index in [1.165, 1.54) is 38.5 Å². The van der Waals surface area contributed by atoms with E-state index in [-0.39, 0.29) is 17.9 Å². The van der Waals surface area contributed by atoms with Crippen molar-refractivity contribution in [3.63, 3.8) is 0 Å². The normalized spacial score (nSPS) is 27.0. The Morgan fingerprint density at radius 1 is 1.09 bits per heavy atom. The molecule has 2 aromatic rings. The Balaban J connectivity index is 1.37. The fraction of sp³-hybridized carbons (Fsp3) is 0.714. The van der Waals surface area contributed by atoms with Crippen molar-refractivity contribution >= 4 is 22.9 Å². The molecule has 1 N–H and O–H groups in total. The van der Waals surface area contributed by atoms with E-state index in [4.69, 9.17) is 4.42 Å². The third-order valence-electron chi connectivity index (χ3n) is 8.75. The van der Waals surface area contributed by atoms with Crippen LogP contribution in [-0.4, -0.2) is 63.4 Å². The number of hydrogen-bond donors (Lipinski definition) is 1. The molecule has 0 bridgehead atoms. The van der Waals surface area contributed by atoms with Crippen LogP contribution in [0.25, 0.3) is 11.1 Å². The average molecular weight is 483 g/mol. The van der Waals surface area contributed by atoms with Crippen molar-refractivity contribution in [3.8, 4) is 0 Å². The van der Waals surface area contributed by atoms with Gasteiger partial charge in [-0.2, -0.15) is 0 Å². The van der Waals surface area contributed by atoms with E-state index in [2.05, 4.69) is 17.1 Å². The molecule has 1 saturated carbocycles. The maximum Gasteiger partial charge on any atom is 0.271 e. The van der Waals surface area contributed by atoms with Crippen LogP contribution < -0.4 is 5.32 Å². The second kappa shape index (κ2) is 10.4. The van der Waals surface area contributed by atoms with Crippen LogP contribution in [0.15, 0.2) is 22.8 Å². The van der Waals surface area contributed by atoms with E-state index in [1.54, 1.807) is 6.26 Å². The lowest BCUT2D eigenvalue weighted by Gasteiger charge is -2.45. The van der Waals surface area contributed by atoms with Gasteiger partial charge < -0.3 is 24.1 Å². The maximum atomic E-state index is 13.9. The van der Waals surface area contributed by atoms with Crippen LogP contribution in [0, 0.1) is 0 Å². The highest BCUT2D eigenvalue weighted by atomic mass is 16.3. The van der Waals surface area contributed by atoms with Gasteiger partial charge in [-0.05, 0) is 52.5 Å². The Morgan fingerprint density at radius 3 is 2.60 bits per heavy atom. The molecule has 1 aliphatic carbocycles. The molecule has 4 heterocycles. The Labute approximate surface area is 209 Å². The van der Waals surface area contributed by atoms with Crippen molar-refractivity contribution in [2.24, 2.45) is 0 Å². The molecule has 2 amide bonds. The van der Waals surface area contributed by atoms with Gasteiger partial charge in [0.1, 0.15) is 11.2 Å². The van der Waals surface area contributed by atoms with Gasteiger partial charge in [0.15, 0.2) is 5.58 Å². The van der Waals surface area contributed by atoms with E-state index >= 15 is 0 Å². The fourth-order valence-electron chi connectivity index (χ4n) is 6.49. The Hall–Kier alpha value is -2.28. The molecule has 0 spiro atoms. The predicted octanol–water partition coefficient (Wildman–Crippen LogP) is 4.94. The predicted molar refractivity (Wildman–Crippen MR) is 137 cm³/mol. The van der Waals surface area contributed by atoms with Gasteiger partial charge in [0.25, 0.3) is 5.91 Å². The quantitative estimate of drug-likeness (QED) is 0.633. The molecule has 2 atom stereocenters. The van der Waals surface area contributed by atoms with Gasteiger partial charge in [-0.1, -0.05) is 38.5 Å². The zero-order chi connectivity index (χ0) is 24.4. The van der Waals surface area contributed by atoms with Crippen LogP contribution in [0.2, 0.25) is 0 Å². The molecular weight excluding hydrogens is 440 g/mol. The highest BCUT2D eigenvalue weighted by Gasteiger charge is 2.48. The Bertz CT molecular complexity index is 1030. The van der Waals surface area contributed by atoms with Gasteiger partial charge in [-0.3, -0.25) is 9.59 Å². The minimum absolute atomic E-state index is 0.0150. The van der Waals surface area contributed by atoms with Crippen molar-refractivity contribution in [1.82, 2.24) is 19.7 Å². The van der Waals surface area contributed by atoms with Crippen LogP contribution in [0.4, 0.5) is 0 Å². The smallest absolute Gasteiger partial charge is 0.271 e. The third kappa shape index (κ3) is 4.89. The first-order valence-corrected chi connectivity index (χ1v) is 13.9. The maximum absolute atomic E-state index is 13.9. The summed E-state index contributed by atoms with van der Waals surface area (Å²) in [6.45, 7) is 7.41. The van der Waals surface area contributed by atoms with E-state index < -0.39 is 5.54 Å². The number of hydrogen-bond acceptors (Lipinski definition) is 4. The summed E-state index contributed by atoms with van der Waals surface area (Å²) in [6.07, 6.45) is 14.5. The molecule has 192 valence electrons.